The van der Waals surface area contributed by atoms with Crippen LogP contribution in [0, 0.1) is 11.3 Å². The number of amides is 8. The normalized spacial score (nSPS) is 15.7. The van der Waals surface area contributed by atoms with E-state index in [4.69, 9.17) is 9.47 Å². The molecule has 0 radical (unpaired) electrons. The molecule has 2 fully saturated rings. The first-order valence-corrected chi connectivity index (χ1v) is 27.3. The molecule has 5 unspecified atom stereocenters. The number of nitrogens with one attached hydrogen (secondary N) is 6. The summed E-state index contributed by atoms with van der Waals surface area (Å²) in [6.07, 6.45) is 0.120. The molecule has 2 aliphatic heterocycles. The molecule has 79 heavy (non-hydrogen) atoms. The molecule has 2 saturated heterocycles. The number of benzene rings is 4. The van der Waals surface area contributed by atoms with Gasteiger partial charge in [-0.05, 0) is 87.5 Å². The molecular formula is C60H78N8O11. The van der Waals surface area contributed by atoms with Gasteiger partial charge in [-0.2, -0.15) is 0 Å². The van der Waals surface area contributed by atoms with E-state index in [0.717, 1.165) is 11.1 Å². The van der Waals surface area contributed by atoms with E-state index in [2.05, 4.69) is 31.9 Å². The van der Waals surface area contributed by atoms with Crippen LogP contribution in [0.25, 0.3) is 0 Å². The number of nitrogens with zero attached hydrogens (tertiary/aromatic N) is 2. The van der Waals surface area contributed by atoms with Gasteiger partial charge >= 0.3 is 18.3 Å². The highest BCUT2D eigenvalue weighted by molar-refractivity contribution is 5.95. The Morgan fingerprint density at radius 3 is 1.48 bits per heavy atom. The maximum atomic E-state index is 14.6. The van der Waals surface area contributed by atoms with Gasteiger partial charge in [0.05, 0.1) is 0 Å². The Bertz CT molecular complexity index is 2640. The first kappa shape index (κ1) is 60.3. The summed E-state index contributed by atoms with van der Waals surface area (Å²) in [5, 5.41) is 26.1. The van der Waals surface area contributed by atoms with Crippen LogP contribution in [-0.2, 0) is 59.3 Å². The number of unbranched alkanes of at least 4 members (excludes halogenated alkanes) is 1. The van der Waals surface area contributed by atoms with Gasteiger partial charge in [-0.1, -0.05) is 135 Å². The van der Waals surface area contributed by atoms with Gasteiger partial charge in [0.1, 0.15) is 42.4 Å². The molecule has 7 N–H and O–H groups in total. The molecule has 5 atom stereocenters. The molecule has 0 aliphatic carbocycles. The van der Waals surface area contributed by atoms with E-state index in [-0.39, 0.29) is 68.4 Å². The average molecular weight is 1090 g/mol. The van der Waals surface area contributed by atoms with Gasteiger partial charge < -0.3 is 56.3 Å². The fourth-order valence-corrected chi connectivity index (χ4v) is 9.86. The second-order valence-corrected chi connectivity index (χ2v) is 22.1. The molecular weight excluding hydrogens is 1010 g/mol. The number of alkyl carbamates (subject to hydrolysis) is 2. The third-order valence-corrected chi connectivity index (χ3v) is 13.9. The van der Waals surface area contributed by atoms with Crippen molar-refractivity contribution in [1.29, 1.82) is 0 Å². The number of hydrogen-bond donors (Lipinski definition) is 7. The summed E-state index contributed by atoms with van der Waals surface area (Å²) in [6, 6.07) is 31.1. The van der Waals surface area contributed by atoms with Gasteiger partial charge in [-0.3, -0.25) is 24.0 Å². The lowest BCUT2D eigenvalue weighted by Gasteiger charge is -2.54. The smallest absolute Gasteiger partial charge is 0.408 e. The fourth-order valence-electron chi connectivity index (χ4n) is 9.86. The van der Waals surface area contributed by atoms with Crippen LogP contribution in [0.3, 0.4) is 0 Å². The molecule has 1 spiro atoms. The minimum absolute atomic E-state index is 0.0165. The van der Waals surface area contributed by atoms with Gasteiger partial charge in [-0.15, -0.1) is 0 Å². The Labute approximate surface area is 463 Å². The molecule has 0 aromatic heterocycles. The van der Waals surface area contributed by atoms with Crippen LogP contribution in [0.15, 0.2) is 121 Å². The highest BCUT2D eigenvalue weighted by Gasteiger charge is 2.49. The Hall–Kier alpha value is -7.96. The molecule has 0 saturated carbocycles. The van der Waals surface area contributed by atoms with Gasteiger partial charge in [0.25, 0.3) is 0 Å². The predicted octanol–water partition coefficient (Wildman–Crippen LogP) is 6.29. The van der Waals surface area contributed by atoms with Gasteiger partial charge in [-0.25, -0.2) is 14.4 Å². The summed E-state index contributed by atoms with van der Waals surface area (Å²) in [5.74, 6) is -2.65. The summed E-state index contributed by atoms with van der Waals surface area (Å²) in [7, 11) is 0. The molecule has 2 aliphatic rings. The van der Waals surface area contributed by atoms with Crippen molar-refractivity contribution >= 4 is 47.8 Å². The Kier molecular flexibility index (Phi) is 22.2. The first-order chi connectivity index (χ1) is 37.7. The van der Waals surface area contributed by atoms with Crippen molar-refractivity contribution in [3.63, 3.8) is 0 Å². The van der Waals surface area contributed by atoms with Crippen molar-refractivity contribution in [2.45, 2.75) is 135 Å². The van der Waals surface area contributed by atoms with Crippen LogP contribution < -0.4 is 31.9 Å². The SMILES string of the molecule is CC(C)CC(NC(=O)C(Cc1ccccc1)NC(=O)C(Cc1ccccc1)NC(=O)O)C(=O)NC(CCCCNC(=O)OC(C)(C)C)C(=O)N1CC2(CCN(C(=O)C(Cc3ccccc3)NC(=O)OCc3ccccc3)CC2)C1. The van der Waals surface area contributed by atoms with Crippen molar-refractivity contribution in [2.75, 3.05) is 32.7 Å². The second kappa shape index (κ2) is 29.1. The van der Waals surface area contributed by atoms with Crippen molar-refractivity contribution < 1.29 is 52.9 Å². The molecule has 6 rings (SSSR count). The largest absolute Gasteiger partial charge is 0.465 e. The first-order valence-electron chi connectivity index (χ1n) is 27.3. The molecule has 424 valence electrons. The number of hydrogen-bond acceptors (Lipinski definition) is 10. The van der Waals surface area contributed by atoms with Crippen molar-refractivity contribution in [2.24, 2.45) is 11.3 Å². The fraction of sp³-hybridized carbons (Fsp3) is 0.467. The quantitative estimate of drug-likeness (QED) is 0.0363. The van der Waals surface area contributed by atoms with E-state index in [9.17, 15) is 43.5 Å². The highest BCUT2D eigenvalue weighted by Crippen LogP contribution is 2.41. The monoisotopic (exact) mass is 1090 g/mol. The van der Waals surface area contributed by atoms with Gasteiger partial charge in [0, 0.05) is 57.4 Å². The lowest BCUT2D eigenvalue weighted by atomic mass is 9.71. The number of piperidine rings is 1. The highest BCUT2D eigenvalue weighted by atomic mass is 16.6. The summed E-state index contributed by atoms with van der Waals surface area (Å²) in [4.78, 5) is 112. The standard InChI is InChI=1S/C60H78N8O11/c1-41(2)34-47(63-52(70)48(35-42-20-10-6-11-21-42)64-53(71)49(65-56(74)75)36-43-22-12-7-13-23-43)51(69)62-46(28-18-19-31-61-57(76)79-59(3,4)5)54(72)68-39-60(40-68)29-32-67(33-30-60)55(73)50(37-44-24-14-8-15-25-44)66-58(77)78-38-45-26-16-9-17-27-45/h6-17,20-27,41,46-50,65H,18-19,28-40H2,1-5H3,(H,61,76)(H,62,69)(H,63,70)(H,64,71)(H,66,77)(H,74,75). The van der Waals surface area contributed by atoms with Crippen LogP contribution >= 0.6 is 0 Å². The van der Waals surface area contributed by atoms with E-state index < -0.39 is 71.8 Å². The van der Waals surface area contributed by atoms with E-state index in [0.29, 0.717) is 63.0 Å². The zero-order valence-corrected chi connectivity index (χ0v) is 46.0. The number of carbonyl (C=O) groups excluding carboxylic acids is 7. The van der Waals surface area contributed by atoms with Crippen molar-refractivity contribution in [1.82, 2.24) is 41.7 Å². The van der Waals surface area contributed by atoms with Crippen LogP contribution in [-0.4, -0.2) is 131 Å². The van der Waals surface area contributed by atoms with Crippen LogP contribution in [0.1, 0.15) is 95.4 Å². The number of likely N-dealkylation sites (tertiary alicyclic amines) is 2. The van der Waals surface area contributed by atoms with E-state index in [1.807, 2.05) is 80.6 Å². The van der Waals surface area contributed by atoms with Crippen molar-refractivity contribution in [3.05, 3.63) is 144 Å². The maximum absolute atomic E-state index is 14.6. The van der Waals surface area contributed by atoms with Gasteiger partial charge in [0.2, 0.25) is 29.5 Å². The molecule has 4 aromatic carbocycles. The molecule has 0 bridgehead atoms. The van der Waals surface area contributed by atoms with Crippen LogP contribution in [0.4, 0.5) is 14.4 Å². The Morgan fingerprint density at radius 1 is 0.544 bits per heavy atom. The maximum Gasteiger partial charge on any atom is 0.408 e. The minimum atomic E-state index is -1.42. The topological polar surface area (TPSA) is 254 Å². The summed E-state index contributed by atoms with van der Waals surface area (Å²) >= 11 is 0. The Morgan fingerprint density at radius 2 is 0.987 bits per heavy atom. The van der Waals surface area contributed by atoms with Gasteiger partial charge in [0.15, 0.2) is 0 Å². The summed E-state index contributed by atoms with van der Waals surface area (Å²) < 4.78 is 10.9. The molecule has 19 nitrogen and oxygen atoms in total. The zero-order chi connectivity index (χ0) is 57.0. The number of carbonyl (C=O) groups is 8. The van der Waals surface area contributed by atoms with Crippen LogP contribution in [0.5, 0.6) is 0 Å². The lowest BCUT2D eigenvalue weighted by molar-refractivity contribution is -0.153. The second-order valence-electron chi connectivity index (χ2n) is 22.1. The number of rotatable bonds is 25. The van der Waals surface area contributed by atoms with Crippen molar-refractivity contribution in [3.8, 4) is 0 Å². The molecule has 2 heterocycles. The third-order valence-electron chi connectivity index (χ3n) is 13.9. The van der Waals surface area contributed by atoms with Crippen LogP contribution in [0.2, 0.25) is 0 Å². The Balaban J connectivity index is 1.12. The number of ether oxygens (including phenoxy) is 2. The molecule has 19 heteroatoms. The van der Waals surface area contributed by atoms with E-state index in [1.165, 1.54) is 0 Å². The predicted molar refractivity (Wildman–Crippen MR) is 297 cm³/mol. The summed E-state index contributed by atoms with van der Waals surface area (Å²) in [6.45, 7) is 11.0. The van der Waals surface area contributed by atoms with E-state index >= 15 is 0 Å². The molecule has 8 amide bonds. The average Bonchev–Trinajstić information content (AvgIpc) is 3.41. The summed E-state index contributed by atoms with van der Waals surface area (Å²) in [5.41, 5.74) is 2.12. The molecule has 4 aromatic rings. The minimum Gasteiger partial charge on any atom is -0.465 e. The lowest BCUT2D eigenvalue weighted by Crippen LogP contribution is -2.66. The van der Waals surface area contributed by atoms with E-state index in [1.54, 1.807) is 85.2 Å². The number of carboxylic acid groups (broad SMARTS) is 1. The third kappa shape index (κ3) is 19.8. The zero-order valence-electron chi connectivity index (χ0n) is 46.0.